The molecular weight excluding hydrogens is 218 g/mol. The summed E-state index contributed by atoms with van der Waals surface area (Å²) < 4.78 is 10.0. The van der Waals surface area contributed by atoms with Crippen molar-refractivity contribution in [1.29, 1.82) is 0 Å². The van der Waals surface area contributed by atoms with E-state index in [1.807, 2.05) is 0 Å². The molecule has 0 radical (unpaired) electrons. The lowest BCUT2D eigenvalue weighted by Gasteiger charge is -2.12. The van der Waals surface area contributed by atoms with Crippen LogP contribution in [0.5, 0.6) is 11.5 Å². The quantitative estimate of drug-likeness (QED) is 0.782. The standard InChI is InChI=1S/C10H12ClNO3/c1-12(2)10(13)15-9-6-7(14-3)4-5-8(9)11/h4-6H,1-3H3. The van der Waals surface area contributed by atoms with Gasteiger partial charge < -0.3 is 14.4 Å². The number of benzene rings is 1. The number of nitrogens with zero attached hydrogens (tertiary/aromatic N) is 1. The Kier molecular flexibility index (Phi) is 3.80. The maximum Gasteiger partial charge on any atom is 0.414 e. The van der Waals surface area contributed by atoms with Gasteiger partial charge in [-0.3, -0.25) is 0 Å². The average Bonchev–Trinajstić information content (AvgIpc) is 2.21. The van der Waals surface area contributed by atoms with E-state index in [0.29, 0.717) is 10.8 Å². The van der Waals surface area contributed by atoms with Crippen molar-refractivity contribution in [2.24, 2.45) is 0 Å². The topological polar surface area (TPSA) is 38.8 Å². The first-order chi connectivity index (χ1) is 7.04. The van der Waals surface area contributed by atoms with E-state index in [1.165, 1.54) is 12.0 Å². The van der Waals surface area contributed by atoms with Gasteiger partial charge in [0.2, 0.25) is 0 Å². The zero-order valence-corrected chi connectivity index (χ0v) is 9.54. The average molecular weight is 230 g/mol. The molecule has 0 fully saturated rings. The Morgan fingerprint density at radius 3 is 2.60 bits per heavy atom. The summed E-state index contributed by atoms with van der Waals surface area (Å²) >= 11 is 5.85. The minimum atomic E-state index is -0.481. The first-order valence-electron chi connectivity index (χ1n) is 4.27. The van der Waals surface area contributed by atoms with Crippen molar-refractivity contribution in [2.45, 2.75) is 0 Å². The summed E-state index contributed by atoms with van der Waals surface area (Å²) in [5.41, 5.74) is 0. The van der Waals surface area contributed by atoms with Crippen molar-refractivity contribution < 1.29 is 14.3 Å². The van der Waals surface area contributed by atoms with Gasteiger partial charge in [0.1, 0.15) is 5.75 Å². The summed E-state index contributed by atoms with van der Waals surface area (Å²) in [6.07, 6.45) is -0.481. The molecule has 0 unspecified atom stereocenters. The molecule has 1 aromatic rings. The molecule has 0 heterocycles. The molecule has 0 saturated heterocycles. The van der Waals surface area contributed by atoms with Crippen molar-refractivity contribution in [2.75, 3.05) is 21.2 Å². The molecule has 4 nitrogen and oxygen atoms in total. The summed E-state index contributed by atoms with van der Waals surface area (Å²) in [5.74, 6) is 0.871. The van der Waals surface area contributed by atoms with Crippen LogP contribution in [0, 0.1) is 0 Å². The Morgan fingerprint density at radius 2 is 2.07 bits per heavy atom. The number of halogens is 1. The van der Waals surface area contributed by atoms with Crippen LogP contribution in [0.4, 0.5) is 4.79 Å². The van der Waals surface area contributed by atoms with Crippen molar-refractivity contribution in [3.63, 3.8) is 0 Å². The first-order valence-corrected chi connectivity index (χ1v) is 4.65. The van der Waals surface area contributed by atoms with Crippen molar-refractivity contribution in [3.05, 3.63) is 23.2 Å². The molecule has 0 saturated carbocycles. The molecule has 0 aliphatic carbocycles. The Morgan fingerprint density at radius 1 is 1.40 bits per heavy atom. The largest absolute Gasteiger partial charge is 0.497 e. The van der Waals surface area contributed by atoms with Gasteiger partial charge >= 0.3 is 6.09 Å². The molecule has 0 spiro atoms. The van der Waals surface area contributed by atoms with Gasteiger partial charge in [-0.05, 0) is 12.1 Å². The van der Waals surface area contributed by atoms with Gasteiger partial charge in [0.25, 0.3) is 0 Å². The molecule has 82 valence electrons. The highest BCUT2D eigenvalue weighted by Crippen LogP contribution is 2.29. The van der Waals surface area contributed by atoms with Crippen LogP contribution in [-0.2, 0) is 0 Å². The molecule has 1 aromatic carbocycles. The fourth-order valence-electron chi connectivity index (χ4n) is 0.874. The highest BCUT2D eigenvalue weighted by atomic mass is 35.5. The van der Waals surface area contributed by atoms with Gasteiger partial charge in [0.15, 0.2) is 5.75 Å². The van der Waals surface area contributed by atoms with E-state index in [9.17, 15) is 4.79 Å². The van der Waals surface area contributed by atoms with Crippen molar-refractivity contribution in [1.82, 2.24) is 4.90 Å². The summed E-state index contributed by atoms with van der Waals surface area (Å²) in [5, 5.41) is 0.367. The van der Waals surface area contributed by atoms with Crippen LogP contribution in [0.25, 0.3) is 0 Å². The Hall–Kier alpha value is -1.42. The van der Waals surface area contributed by atoms with Gasteiger partial charge in [-0.1, -0.05) is 11.6 Å². The molecule has 0 aliphatic heterocycles. The van der Waals surface area contributed by atoms with Crippen LogP contribution in [0.1, 0.15) is 0 Å². The number of rotatable bonds is 2. The molecule has 5 heteroatoms. The third-order valence-corrected chi connectivity index (χ3v) is 2.01. The predicted molar refractivity (Wildman–Crippen MR) is 57.7 cm³/mol. The molecule has 15 heavy (non-hydrogen) atoms. The molecule has 0 bridgehead atoms. The van der Waals surface area contributed by atoms with Crippen LogP contribution >= 0.6 is 11.6 Å². The van der Waals surface area contributed by atoms with E-state index in [4.69, 9.17) is 21.1 Å². The van der Waals surface area contributed by atoms with E-state index in [2.05, 4.69) is 0 Å². The van der Waals surface area contributed by atoms with E-state index in [0.717, 1.165) is 0 Å². The van der Waals surface area contributed by atoms with E-state index >= 15 is 0 Å². The van der Waals surface area contributed by atoms with Gasteiger partial charge in [-0.25, -0.2) is 4.79 Å². The predicted octanol–water partition coefficient (Wildman–Crippen LogP) is 2.41. The van der Waals surface area contributed by atoms with E-state index < -0.39 is 6.09 Å². The second kappa shape index (κ2) is 4.89. The molecular formula is C10H12ClNO3. The molecule has 1 amide bonds. The Bertz CT molecular complexity index is 366. The molecule has 0 atom stereocenters. The second-order valence-electron chi connectivity index (χ2n) is 3.06. The Balaban J connectivity index is 2.88. The minimum absolute atomic E-state index is 0.287. The summed E-state index contributed by atoms with van der Waals surface area (Å²) in [4.78, 5) is 12.6. The number of hydrogen-bond donors (Lipinski definition) is 0. The number of methoxy groups -OCH3 is 1. The van der Waals surface area contributed by atoms with Crippen LogP contribution in [0.3, 0.4) is 0 Å². The maximum atomic E-state index is 11.3. The Labute approximate surface area is 93.3 Å². The normalized spacial score (nSPS) is 9.60. The van der Waals surface area contributed by atoms with Crippen LogP contribution < -0.4 is 9.47 Å². The summed E-state index contributed by atoms with van der Waals surface area (Å²) in [7, 11) is 4.72. The number of ether oxygens (including phenoxy) is 2. The fourth-order valence-corrected chi connectivity index (χ4v) is 1.03. The third-order valence-electron chi connectivity index (χ3n) is 1.70. The van der Waals surface area contributed by atoms with Gasteiger partial charge in [0, 0.05) is 20.2 Å². The number of hydrogen-bond acceptors (Lipinski definition) is 3. The van der Waals surface area contributed by atoms with Gasteiger partial charge in [0.05, 0.1) is 12.1 Å². The van der Waals surface area contributed by atoms with Crippen LogP contribution in [-0.4, -0.2) is 32.2 Å². The lowest BCUT2D eigenvalue weighted by Crippen LogP contribution is -2.25. The number of carbonyl (C=O) groups excluding carboxylic acids is 1. The smallest absolute Gasteiger partial charge is 0.414 e. The van der Waals surface area contributed by atoms with Crippen LogP contribution in [0.15, 0.2) is 18.2 Å². The maximum absolute atomic E-state index is 11.3. The fraction of sp³-hybridized carbons (Fsp3) is 0.300. The van der Waals surface area contributed by atoms with Crippen molar-refractivity contribution in [3.8, 4) is 11.5 Å². The number of amides is 1. The molecule has 0 aromatic heterocycles. The first kappa shape index (κ1) is 11.7. The highest BCUT2D eigenvalue weighted by Gasteiger charge is 2.10. The molecule has 0 N–H and O–H groups in total. The molecule has 1 rings (SSSR count). The number of carbonyl (C=O) groups is 1. The minimum Gasteiger partial charge on any atom is -0.497 e. The van der Waals surface area contributed by atoms with E-state index in [1.54, 1.807) is 32.3 Å². The third kappa shape index (κ3) is 3.02. The lowest BCUT2D eigenvalue weighted by atomic mass is 10.3. The summed E-state index contributed by atoms with van der Waals surface area (Å²) in [6, 6.07) is 4.86. The van der Waals surface area contributed by atoms with Crippen LogP contribution in [0.2, 0.25) is 5.02 Å². The van der Waals surface area contributed by atoms with Crippen molar-refractivity contribution >= 4 is 17.7 Å². The highest BCUT2D eigenvalue weighted by molar-refractivity contribution is 6.32. The second-order valence-corrected chi connectivity index (χ2v) is 3.47. The SMILES string of the molecule is COc1ccc(Cl)c(OC(=O)N(C)C)c1. The van der Waals surface area contributed by atoms with E-state index in [-0.39, 0.29) is 5.75 Å². The lowest BCUT2D eigenvalue weighted by molar-refractivity contribution is 0.172. The zero-order valence-electron chi connectivity index (χ0n) is 8.78. The summed E-state index contributed by atoms with van der Waals surface area (Å²) in [6.45, 7) is 0. The monoisotopic (exact) mass is 229 g/mol. The van der Waals surface area contributed by atoms with Gasteiger partial charge in [-0.15, -0.1) is 0 Å². The zero-order chi connectivity index (χ0) is 11.4. The van der Waals surface area contributed by atoms with Gasteiger partial charge in [-0.2, -0.15) is 0 Å². The molecule has 0 aliphatic rings.